The second-order valence-corrected chi connectivity index (χ2v) is 11.0. The fourth-order valence-corrected chi connectivity index (χ4v) is 6.48. The topological polar surface area (TPSA) is 110 Å². The summed E-state index contributed by atoms with van der Waals surface area (Å²) in [5.74, 6) is 1.01. The first-order valence-electron chi connectivity index (χ1n) is 10.5. The highest BCUT2D eigenvalue weighted by Gasteiger charge is 2.49. The first kappa shape index (κ1) is 20.8. The van der Waals surface area contributed by atoms with Crippen molar-refractivity contribution >= 4 is 21.7 Å². The van der Waals surface area contributed by atoms with Crippen LogP contribution in [0.2, 0.25) is 0 Å². The van der Waals surface area contributed by atoms with Gasteiger partial charge in [-0.1, -0.05) is 33.1 Å². The molecule has 30 heavy (non-hydrogen) atoms. The fourth-order valence-electron chi connectivity index (χ4n) is 4.32. The average molecular weight is 433 g/mol. The minimum Gasteiger partial charge on any atom is -0.322 e. The Bertz CT molecular complexity index is 1010. The number of carbonyl (C=O) groups is 1. The van der Waals surface area contributed by atoms with Crippen molar-refractivity contribution in [2.45, 2.75) is 56.6 Å². The summed E-state index contributed by atoms with van der Waals surface area (Å²) >= 11 is 0. The molecule has 0 radical (unpaired) electrons. The maximum atomic E-state index is 13.1. The summed E-state index contributed by atoms with van der Waals surface area (Å²) in [5, 5.41) is 7.46. The second kappa shape index (κ2) is 7.98. The third kappa shape index (κ3) is 3.80. The van der Waals surface area contributed by atoms with Crippen LogP contribution in [0.15, 0.2) is 24.5 Å². The highest BCUT2D eigenvalue weighted by atomic mass is 32.2. The van der Waals surface area contributed by atoms with Gasteiger partial charge in [0.25, 0.3) is 5.95 Å². The van der Waals surface area contributed by atoms with Gasteiger partial charge < -0.3 is 4.90 Å². The van der Waals surface area contributed by atoms with Crippen LogP contribution in [0.1, 0.15) is 57.6 Å². The zero-order valence-corrected chi connectivity index (χ0v) is 18.2. The van der Waals surface area contributed by atoms with E-state index in [1.165, 1.54) is 4.68 Å². The van der Waals surface area contributed by atoms with E-state index in [1.54, 1.807) is 23.4 Å². The van der Waals surface area contributed by atoms with Gasteiger partial charge in [0.15, 0.2) is 9.84 Å². The van der Waals surface area contributed by atoms with Gasteiger partial charge in [-0.05, 0) is 24.8 Å². The molecule has 1 N–H and O–H groups in total. The van der Waals surface area contributed by atoms with Crippen LogP contribution in [0, 0.1) is 0 Å². The number of hydrogen-bond donors (Lipinski definition) is 1. The van der Waals surface area contributed by atoms with E-state index in [1.807, 2.05) is 19.9 Å². The summed E-state index contributed by atoms with van der Waals surface area (Å²) < 4.78 is 26.3. The number of hydrogen-bond acceptors (Lipinski definition) is 6. The zero-order valence-electron chi connectivity index (χ0n) is 17.4. The highest BCUT2D eigenvalue weighted by Crippen LogP contribution is 2.38. The number of aromatic nitrogens is 4. The monoisotopic (exact) mass is 432 g/mol. The first-order chi connectivity index (χ1) is 14.3. The molecule has 1 aliphatic heterocycles. The largest absolute Gasteiger partial charge is 0.323 e. The molecule has 1 saturated carbocycles. The van der Waals surface area contributed by atoms with Gasteiger partial charge in [0.1, 0.15) is 5.82 Å². The van der Waals surface area contributed by atoms with Crippen molar-refractivity contribution in [1.29, 1.82) is 0 Å². The molecule has 0 aromatic carbocycles. The summed E-state index contributed by atoms with van der Waals surface area (Å²) in [5.41, 5.74) is 0.808. The van der Waals surface area contributed by atoms with E-state index in [9.17, 15) is 13.2 Å². The smallest absolute Gasteiger partial charge is 0.322 e. The Hall–Kier alpha value is -2.49. The van der Waals surface area contributed by atoms with Gasteiger partial charge in [-0.15, -0.1) is 0 Å². The summed E-state index contributed by atoms with van der Waals surface area (Å²) in [4.78, 5) is 23.2. The minimum absolute atomic E-state index is 0.0126. The molecule has 2 aliphatic rings. The Morgan fingerprint density at radius 2 is 1.87 bits per heavy atom. The van der Waals surface area contributed by atoms with E-state index < -0.39 is 14.6 Å². The highest BCUT2D eigenvalue weighted by molar-refractivity contribution is 7.92. The van der Waals surface area contributed by atoms with Gasteiger partial charge in [0.05, 0.1) is 16.2 Å². The second-order valence-electron chi connectivity index (χ2n) is 8.48. The predicted octanol–water partition coefficient (Wildman–Crippen LogP) is 2.75. The molecular weight excluding hydrogens is 404 g/mol. The van der Waals surface area contributed by atoms with E-state index in [0.717, 1.165) is 25.0 Å². The molecule has 0 atom stereocenters. The molecule has 162 valence electrons. The molecule has 10 heteroatoms. The molecule has 2 aromatic heterocycles. The number of rotatable bonds is 3. The number of sulfone groups is 1. The first-order valence-corrected chi connectivity index (χ1v) is 12.1. The lowest BCUT2D eigenvalue weighted by Crippen LogP contribution is -2.59. The van der Waals surface area contributed by atoms with Crippen LogP contribution in [-0.4, -0.2) is 62.7 Å². The van der Waals surface area contributed by atoms with Crippen LogP contribution >= 0.6 is 0 Å². The molecule has 3 heterocycles. The SMILES string of the molecule is CC(C)c1cc(NC(=O)N2CCS(=O)(=O)C3(CCCCC3)C2)n(-c2ncccn2)n1. The lowest BCUT2D eigenvalue weighted by atomic mass is 9.87. The molecule has 9 nitrogen and oxygen atoms in total. The van der Waals surface area contributed by atoms with Crippen molar-refractivity contribution in [3.05, 3.63) is 30.2 Å². The van der Waals surface area contributed by atoms with Crippen molar-refractivity contribution in [2.75, 3.05) is 24.2 Å². The lowest BCUT2D eigenvalue weighted by Gasteiger charge is -2.44. The summed E-state index contributed by atoms with van der Waals surface area (Å²) in [6.45, 7) is 4.48. The number of nitrogens with zero attached hydrogens (tertiary/aromatic N) is 5. The summed E-state index contributed by atoms with van der Waals surface area (Å²) in [6, 6.07) is 3.21. The van der Waals surface area contributed by atoms with Crippen LogP contribution in [0.5, 0.6) is 0 Å². The van der Waals surface area contributed by atoms with Crippen LogP contribution in [0.3, 0.4) is 0 Å². The van der Waals surface area contributed by atoms with Gasteiger partial charge in [-0.2, -0.15) is 9.78 Å². The molecule has 0 bridgehead atoms. The minimum atomic E-state index is -3.20. The molecule has 1 saturated heterocycles. The Morgan fingerprint density at radius 3 is 2.53 bits per heavy atom. The molecule has 1 aliphatic carbocycles. The van der Waals surface area contributed by atoms with Crippen molar-refractivity contribution < 1.29 is 13.2 Å². The van der Waals surface area contributed by atoms with Crippen molar-refractivity contribution in [2.24, 2.45) is 0 Å². The summed E-state index contributed by atoms with van der Waals surface area (Å²) in [6.07, 6.45) is 7.34. The van der Waals surface area contributed by atoms with E-state index in [4.69, 9.17) is 0 Å². The standard InChI is InChI=1S/C20H28N6O3S/c1-15(2)16-13-17(26(24-16)18-21-9-6-10-22-18)23-19(27)25-11-12-30(28,29)20(14-25)7-4-3-5-8-20/h6,9-10,13,15H,3-5,7-8,11-12,14H2,1-2H3,(H,23,27). The predicted molar refractivity (Wildman–Crippen MR) is 113 cm³/mol. The van der Waals surface area contributed by atoms with Gasteiger partial charge >= 0.3 is 6.03 Å². The zero-order chi connectivity index (χ0) is 21.4. The molecular formula is C20H28N6O3S. The average Bonchev–Trinajstić information content (AvgIpc) is 3.16. The number of nitrogens with one attached hydrogen (secondary N) is 1. The van der Waals surface area contributed by atoms with Gasteiger partial charge in [-0.25, -0.2) is 23.2 Å². The number of amides is 2. The van der Waals surface area contributed by atoms with Crippen molar-refractivity contribution in [3.63, 3.8) is 0 Å². The molecule has 4 rings (SSSR count). The van der Waals surface area contributed by atoms with E-state index >= 15 is 0 Å². The normalized spacial score (nSPS) is 20.4. The Balaban J connectivity index is 1.58. The van der Waals surface area contributed by atoms with Gasteiger partial charge in [-0.3, -0.25) is 5.32 Å². The van der Waals surface area contributed by atoms with Gasteiger partial charge in [0.2, 0.25) is 0 Å². The van der Waals surface area contributed by atoms with Crippen LogP contribution in [-0.2, 0) is 9.84 Å². The van der Waals surface area contributed by atoms with Crippen molar-refractivity contribution in [3.8, 4) is 5.95 Å². The van der Waals surface area contributed by atoms with E-state index in [0.29, 0.717) is 24.6 Å². The Kier molecular flexibility index (Phi) is 5.52. The number of anilines is 1. The Labute approximate surface area is 176 Å². The van der Waals surface area contributed by atoms with Crippen molar-refractivity contribution in [1.82, 2.24) is 24.6 Å². The lowest BCUT2D eigenvalue weighted by molar-refractivity contribution is 0.193. The quantitative estimate of drug-likeness (QED) is 0.799. The summed E-state index contributed by atoms with van der Waals surface area (Å²) in [7, 11) is -3.20. The molecule has 2 amide bonds. The van der Waals surface area contributed by atoms with E-state index in [-0.39, 0.29) is 30.8 Å². The van der Waals surface area contributed by atoms with E-state index in [2.05, 4.69) is 20.4 Å². The fraction of sp³-hybridized carbons (Fsp3) is 0.600. The molecule has 2 fully saturated rings. The van der Waals surface area contributed by atoms with Crippen LogP contribution in [0.4, 0.5) is 10.6 Å². The maximum Gasteiger partial charge on any atom is 0.323 e. The van der Waals surface area contributed by atoms with Gasteiger partial charge in [0, 0.05) is 31.5 Å². The molecule has 0 unspecified atom stereocenters. The van der Waals surface area contributed by atoms with Crippen LogP contribution in [0.25, 0.3) is 5.95 Å². The Morgan fingerprint density at radius 1 is 1.17 bits per heavy atom. The molecule has 1 spiro atoms. The third-order valence-corrected chi connectivity index (χ3v) is 8.69. The maximum absolute atomic E-state index is 13.1. The third-order valence-electron chi connectivity index (χ3n) is 6.12. The number of carbonyl (C=O) groups excluding carboxylic acids is 1. The number of urea groups is 1. The van der Waals surface area contributed by atoms with Crippen LogP contribution < -0.4 is 5.32 Å². The molecule has 2 aromatic rings.